The Balaban J connectivity index is 1.62. The van der Waals surface area contributed by atoms with E-state index in [0.29, 0.717) is 23.1 Å². The molecule has 0 heterocycles. The molecule has 3 atom stereocenters. The Morgan fingerprint density at radius 2 is 1.19 bits per heavy atom. The van der Waals surface area contributed by atoms with Gasteiger partial charge in [-0.3, -0.25) is 4.79 Å². The third kappa shape index (κ3) is 4.78. The number of benzene rings is 3. The molecule has 0 amide bonds. The number of carboxylic acid groups (broad SMARTS) is 1. The average molecular weight is 496 g/mol. The number of hydrogen-bond acceptors (Lipinski definition) is 9. The fraction of sp³-hybridized carbons (Fsp3) is 0.231. The van der Waals surface area contributed by atoms with Gasteiger partial charge in [-0.25, -0.2) is 4.79 Å². The van der Waals surface area contributed by atoms with Crippen molar-refractivity contribution in [2.45, 2.75) is 30.8 Å². The fourth-order valence-corrected chi connectivity index (χ4v) is 4.52. The molecule has 10 heteroatoms. The quantitative estimate of drug-likeness (QED) is 0.189. The van der Waals surface area contributed by atoms with Crippen LogP contribution in [0.3, 0.4) is 0 Å². The van der Waals surface area contributed by atoms with E-state index in [9.17, 15) is 45.3 Å². The van der Waals surface area contributed by atoms with Crippen LogP contribution >= 0.6 is 0 Å². The van der Waals surface area contributed by atoms with Crippen LogP contribution in [0.5, 0.6) is 34.5 Å². The Morgan fingerprint density at radius 3 is 1.64 bits per heavy atom. The van der Waals surface area contributed by atoms with Crippen LogP contribution in [0.1, 0.15) is 34.9 Å². The van der Waals surface area contributed by atoms with E-state index in [1.54, 1.807) is 12.1 Å². The van der Waals surface area contributed by atoms with Gasteiger partial charge in [0.25, 0.3) is 0 Å². The number of esters is 1. The van der Waals surface area contributed by atoms with Crippen LogP contribution in [-0.4, -0.2) is 53.8 Å². The molecule has 1 saturated carbocycles. The molecule has 0 radical (unpaired) electrons. The summed E-state index contributed by atoms with van der Waals surface area (Å²) in [5.74, 6) is -6.34. The lowest BCUT2D eigenvalue weighted by Gasteiger charge is -2.44. The molecule has 1 aliphatic carbocycles. The highest BCUT2D eigenvalue weighted by molar-refractivity contribution is 5.82. The second-order valence-electron chi connectivity index (χ2n) is 8.76. The first kappa shape index (κ1) is 24.5. The van der Waals surface area contributed by atoms with Crippen molar-refractivity contribution in [1.29, 1.82) is 0 Å². The number of rotatable bonds is 7. The maximum Gasteiger partial charge on any atom is 0.345 e. The minimum atomic E-state index is -1.59. The van der Waals surface area contributed by atoms with Gasteiger partial charge in [0.1, 0.15) is 0 Å². The highest BCUT2D eigenvalue weighted by Gasteiger charge is 2.49. The molecule has 10 nitrogen and oxygen atoms in total. The summed E-state index contributed by atoms with van der Waals surface area (Å²) in [7, 11) is 0. The van der Waals surface area contributed by atoms with Crippen LogP contribution in [0.2, 0.25) is 0 Å². The molecule has 36 heavy (non-hydrogen) atoms. The van der Waals surface area contributed by atoms with Crippen molar-refractivity contribution < 1.29 is 50.1 Å². The highest BCUT2D eigenvalue weighted by atomic mass is 16.6. The van der Waals surface area contributed by atoms with Crippen LogP contribution in [-0.2, 0) is 20.7 Å². The summed E-state index contributed by atoms with van der Waals surface area (Å²) in [6, 6.07) is 12.0. The average Bonchev–Trinajstić information content (AvgIpc) is 2.79. The number of carbonyl (C=O) groups excluding carboxylic acids is 1. The highest BCUT2D eigenvalue weighted by Crippen LogP contribution is 2.55. The Hall–Kier alpha value is -4.60. The zero-order valence-corrected chi connectivity index (χ0v) is 18.8. The van der Waals surface area contributed by atoms with Crippen LogP contribution in [0, 0.1) is 5.92 Å². The standard InChI is InChI=1S/C26H24O10/c27-17-4-1-12(7-20(17)30)8-23(25(33)34)36-26(35)24-15(13-2-5-18(28)21(31)9-13)11-16(24)14-3-6-19(29)22(32)10-14/h1-7,9-10,15-16,23-24,27-32H,8,11H2,(H,33,34). The first-order valence-electron chi connectivity index (χ1n) is 11.0. The van der Waals surface area contributed by atoms with Crippen LogP contribution in [0.25, 0.3) is 0 Å². The molecule has 0 bridgehead atoms. The summed E-state index contributed by atoms with van der Waals surface area (Å²) in [5, 5.41) is 68.0. The molecule has 0 saturated heterocycles. The monoisotopic (exact) mass is 496 g/mol. The van der Waals surface area contributed by atoms with Crippen LogP contribution < -0.4 is 0 Å². The van der Waals surface area contributed by atoms with Gasteiger partial charge in [0.2, 0.25) is 6.10 Å². The van der Waals surface area contributed by atoms with Crippen molar-refractivity contribution in [1.82, 2.24) is 0 Å². The van der Waals surface area contributed by atoms with Gasteiger partial charge in [-0.05, 0) is 71.3 Å². The first-order valence-corrected chi connectivity index (χ1v) is 11.0. The fourth-order valence-electron chi connectivity index (χ4n) is 4.52. The SMILES string of the molecule is O=C(O)C(Cc1ccc(O)c(O)c1)OC(=O)C1C(c2ccc(O)c(O)c2)CC1c1ccc(O)c(O)c1. The molecule has 188 valence electrons. The molecule has 0 aliphatic heterocycles. The summed E-state index contributed by atoms with van der Waals surface area (Å²) in [6.45, 7) is 0. The van der Waals surface area contributed by atoms with Gasteiger partial charge >= 0.3 is 11.9 Å². The molecule has 1 fully saturated rings. The summed E-state index contributed by atoms with van der Waals surface area (Å²) in [5.41, 5.74) is 1.38. The lowest BCUT2D eigenvalue weighted by atomic mass is 9.59. The number of ether oxygens (including phenoxy) is 1. The zero-order chi connectivity index (χ0) is 26.1. The van der Waals surface area contributed by atoms with E-state index >= 15 is 0 Å². The van der Waals surface area contributed by atoms with E-state index in [2.05, 4.69) is 0 Å². The molecule has 3 aromatic carbocycles. The van der Waals surface area contributed by atoms with Gasteiger partial charge in [0.05, 0.1) is 5.92 Å². The number of phenolic OH excluding ortho intramolecular Hbond substituents is 6. The summed E-state index contributed by atoms with van der Waals surface area (Å²) < 4.78 is 5.39. The third-order valence-electron chi connectivity index (χ3n) is 6.50. The minimum Gasteiger partial charge on any atom is -0.504 e. The molecule has 0 spiro atoms. The predicted molar refractivity (Wildman–Crippen MR) is 124 cm³/mol. The van der Waals surface area contributed by atoms with Gasteiger partial charge in [-0.15, -0.1) is 0 Å². The van der Waals surface area contributed by atoms with E-state index in [-0.39, 0.29) is 35.2 Å². The van der Waals surface area contributed by atoms with E-state index in [1.165, 1.54) is 42.5 Å². The molecule has 1 aliphatic rings. The van der Waals surface area contributed by atoms with Gasteiger partial charge in [-0.1, -0.05) is 18.2 Å². The van der Waals surface area contributed by atoms with Gasteiger partial charge in [0, 0.05) is 6.42 Å². The van der Waals surface area contributed by atoms with Crippen molar-refractivity contribution in [3.63, 3.8) is 0 Å². The lowest BCUT2D eigenvalue weighted by molar-refractivity contribution is -0.170. The number of aromatic hydroxyl groups is 6. The third-order valence-corrected chi connectivity index (χ3v) is 6.50. The predicted octanol–water partition coefficient (Wildman–Crippen LogP) is 3.05. The van der Waals surface area contributed by atoms with E-state index in [4.69, 9.17) is 4.74 Å². The van der Waals surface area contributed by atoms with Crippen molar-refractivity contribution in [3.05, 3.63) is 71.3 Å². The Labute approximate surface area is 204 Å². The molecule has 0 aromatic heterocycles. The van der Waals surface area contributed by atoms with Gasteiger partial charge < -0.3 is 40.5 Å². The summed E-state index contributed by atoms with van der Waals surface area (Å²) in [4.78, 5) is 25.2. The first-order chi connectivity index (χ1) is 17.0. The number of aliphatic carboxylic acids is 1. The molecular weight excluding hydrogens is 472 g/mol. The van der Waals surface area contributed by atoms with E-state index in [0.717, 1.165) is 0 Å². The zero-order valence-electron chi connectivity index (χ0n) is 18.8. The van der Waals surface area contributed by atoms with Crippen molar-refractivity contribution in [3.8, 4) is 34.5 Å². The van der Waals surface area contributed by atoms with Crippen LogP contribution in [0.4, 0.5) is 0 Å². The maximum absolute atomic E-state index is 13.3. The minimum absolute atomic E-state index is 0.267. The number of hydrogen-bond donors (Lipinski definition) is 7. The van der Waals surface area contributed by atoms with Crippen LogP contribution in [0.15, 0.2) is 54.6 Å². The van der Waals surface area contributed by atoms with Crippen molar-refractivity contribution >= 4 is 11.9 Å². The Morgan fingerprint density at radius 1 is 0.722 bits per heavy atom. The smallest absolute Gasteiger partial charge is 0.345 e. The molecule has 7 N–H and O–H groups in total. The Kier molecular flexibility index (Phi) is 6.52. The second kappa shape index (κ2) is 9.57. The van der Waals surface area contributed by atoms with Crippen molar-refractivity contribution in [2.24, 2.45) is 5.92 Å². The van der Waals surface area contributed by atoms with Crippen molar-refractivity contribution in [2.75, 3.05) is 0 Å². The maximum atomic E-state index is 13.3. The number of carboxylic acids is 1. The molecule has 3 unspecified atom stereocenters. The number of phenols is 6. The second-order valence-corrected chi connectivity index (χ2v) is 8.76. The molecular formula is C26H24O10. The molecule has 3 aromatic rings. The molecule has 4 rings (SSSR count). The van der Waals surface area contributed by atoms with Gasteiger partial charge in [-0.2, -0.15) is 0 Å². The topological polar surface area (TPSA) is 185 Å². The Bertz CT molecular complexity index is 1260. The summed E-state index contributed by atoms with van der Waals surface area (Å²) >= 11 is 0. The normalized spacial score (nSPS) is 19.7. The van der Waals surface area contributed by atoms with E-state index < -0.39 is 41.5 Å². The van der Waals surface area contributed by atoms with E-state index in [1.807, 2.05) is 0 Å². The largest absolute Gasteiger partial charge is 0.504 e. The summed E-state index contributed by atoms with van der Waals surface area (Å²) in [6.07, 6.45) is -1.47. The van der Waals surface area contributed by atoms with Gasteiger partial charge in [0.15, 0.2) is 34.5 Å². The lowest BCUT2D eigenvalue weighted by Crippen LogP contribution is -2.42. The number of carbonyl (C=O) groups is 2.